The Morgan fingerprint density at radius 2 is 1.69 bits per heavy atom. The highest BCUT2D eigenvalue weighted by Crippen LogP contribution is 2.40. The fourth-order valence-electron chi connectivity index (χ4n) is 3.63. The summed E-state index contributed by atoms with van der Waals surface area (Å²) >= 11 is 7.88. The molecule has 5 rings (SSSR count). The number of hydrogen-bond acceptors (Lipinski definition) is 4. The van der Waals surface area contributed by atoms with Gasteiger partial charge in [-0.1, -0.05) is 54.6 Å². The number of thiophene rings is 1. The Bertz CT molecular complexity index is 1090. The van der Waals surface area contributed by atoms with E-state index in [4.69, 9.17) is 11.6 Å². The average Bonchev–Trinajstić information content (AvgIpc) is 3.11. The van der Waals surface area contributed by atoms with Gasteiger partial charge in [0.05, 0.1) is 5.39 Å². The molecule has 0 amide bonds. The molecule has 3 nitrogen and oxygen atoms in total. The SMILES string of the molecule is Clc1nc(N2CCc3ccccc3C2)c2c(-c3ccccc3)csc2n1. The first-order chi connectivity index (χ1) is 12.8. The minimum absolute atomic E-state index is 0.313. The van der Waals surface area contributed by atoms with Crippen molar-refractivity contribution in [2.75, 3.05) is 11.4 Å². The van der Waals surface area contributed by atoms with Crippen LogP contribution in [-0.2, 0) is 13.0 Å². The fraction of sp³-hybridized carbons (Fsp3) is 0.143. The third-order valence-electron chi connectivity index (χ3n) is 4.90. The Hall–Kier alpha value is -2.43. The third-order valence-corrected chi connectivity index (χ3v) is 5.94. The van der Waals surface area contributed by atoms with E-state index in [9.17, 15) is 0 Å². The van der Waals surface area contributed by atoms with Crippen molar-refractivity contribution in [3.63, 3.8) is 0 Å². The predicted molar refractivity (Wildman–Crippen MR) is 109 cm³/mol. The smallest absolute Gasteiger partial charge is 0.225 e. The van der Waals surface area contributed by atoms with Crippen LogP contribution >= 0.6 is 22.9 Å². The maximum absolute atomic E-state index is 6.26. The summed E-state index contributed by atoms with van der Waals surface area (Å²) in [6, 6.07) is 19.1. The lowest BCUT2D eigenvalue weighted by molar-refractivity contribution is 0.723. The highest BCUT2D eigenvalue weighted by molar-refractivity contribution is 7.17. The molecule has 0 aliphatic carbocycles. The minimum Gasteiger partial charge on any atom is -0.351 e. The summed E-state index contributed by atoms with van der Waals surface area (Å²) in [6.45, 7) is 1.78. The van der Waals surface area contributed by atoms with E-state index in [0.29, 0.717) is 5.28 Å². The van der Waals surface area contributed by atoms with Crippen LogP contribution in [-0.4, -0.2) is 16.5 Å². The van der Waals surface area contributed by atoms with Gasteiger partial charge in [0.25, 0.3) is 0 Å². The van der Waals surface area contributed by atoms with E-state index in [1.165, 1.54) is 22.3 Å². The number of benzene rings is 2. The van der Waals surface area contributed by atoms with E-state index in [2.05, 4.69) is 68.8 Å². The molecule has 2 aromatic carbocycles. The molecular formula is C21H16ClN3S. The molecule has 0 N–H and O–H groups in total. The van der Waals surface area contributed by atoms with Gasteiger partial charge in [0.1, 0.15) is 10.6 Å². The molecule has 0 bridgehead atoms. The van der Waals surface area contributed by atoms with Gasteiger partial charge in [0.2, 0.25) is 5.28 Å². The molecule has 4 aromatic rings. The van der Waals surface area contributed by atoms with E-state index in [-0.39, 0.29) is 0 Å². The zero-order valence-electron chi connectivity index (χ0n) is 14.0. The van der Waals surface area contributed by atoms with E-state index >= 15 is 0 Å². The molecular weight excluding hydrogens is 362 g/mol. The molecule has 3 heterocycles. The Kier molecular flexibility index (Phi) is 3.88. The van der Waals surface area contributed by atoms with E-state index in [1.807, 2.05) is 6.07 Å². The molecule has 1 aliphatic rings. The average molecular weight is 378 g/mol. The van der Waals surface area contributed by atoms with Crippen molar-refractivity contribution in [2.24, 2.45) is 0 Å². The van der Waals surface area contributed by atoms with Gasteiger partial charge in [-0.2, -0.15) is 4.98 Å². The lowest BCUT2D eigenvalue weighted by atomic mass is 9.99. The molecule has 0 spiro atoms. The van der Waals surface area contributed by atoms with Crippen molar-refractivity contribution in [1.82, 2.24) is 9.97 Å². The van der Waals surface area contributed by atoms with Crippen LogP contribution in [0.15, 0.2) is 60.0 Å². The van der Waals surface area contributed by atoms with Crippen molar-refractivity contribution < 1.29 is 0 Å². The zero-order chi connectivity index (χ0) is 17.5. The summed E-state index contributed by atoms with van der Waals surface area (Å²) in [6.07, 6.45) is 1.02. The molecule has 26 heavy (non-hydrogen) atoms. The Morgan fingerprint density at radius 3 is 2.54 bits per heavy atom. The summed E-state index contributed by atoms with van der Waals surface area (Å²) in [5, 5.41) is 3.57. The van der Waals surface area contributed by atoms with Crippen LogP contribution in [0.1, 0.15) is 11.1 Å². The van der Waals surface area contributed by atoms with Crippen LogP contribution in [0.4, 0.5) is 5.82 Å². The number of halogens is 1. The largest absolute Gasteiger partial charge is 0.351 e. The molecule has 0 saturated carbocycles. The first kappa shape index (κ1) is 15.8. The molecule has 5 heteroatoms. The second-order valence-electron chi connectivity index (χ2n) is 6.45. The number of hydrogen-bond donors (Lipinski definition) is 0. The molecule has 128 valence electrons. The molecule has 1 aliphatic heterocycles. The summed E-state index contributed by atoms with van der Waals surface area (Å²) < 4.78 is 0. The van der Waals surface area contributed by atoms with Crippen LogP contribution in [0.2, 0.25) is 5.28 Å². The van der Waals surface area contributed by atoms with E-state index < -0.39 is 0 Å². The van der Waals surface area contributed by atoms with Gasteiger partial charge in [0.15, 0.2) is 0 Å². The molecule has 0 atom stereocenters. The monoisotopic (exact) mass is 377 g/mol. The fourth-order valence-corrected chi connectivity index (χ4v) is 4.79. The van der Waals surface area contributed by atoms with Gasteiger partial charge in [0, 0.05) is 24.0 Å². The highest BCUT2D eigenvalue weighted by Gasteiger charge is 2.23. The lowest BCUT2D eigenvalue weighted by Gasteiger charge is -2.30. The van der Waals surface area contributed by atoms with Crippen LogP contribution < -0.4 is 4.90 Å². The van der Waals surface area contributed by atoms with Crippen molar-refractivity contribution >= 4 is 39.0 Å². The van der Waals surface area contributed by atoms with E-state index in [0.717, 1.165) is 35.5 Å². The molecule has 0 unspecified atom stereocenters. The van der Waals surface area contributed by atoms with Crippen LogP contribution in [0, 0.1) is 0 Å². The number of rotatable bonds is 2. The number of aromatic nitrogens is 2. The van der Waals surface area contributed by atoms with Crippen LogP contribution in [0.3, 0.4) is 0 Å². The Morgan fingerprint density at radius 1 is 0.923 bits per heavy atom. The van der Waals surface area contributed by atoms with Crippen molar-refractivity contribution in [3.05, 3.63) is 76.4 Å². The predicted octanol–water partition coefficient (Wildman–Crippen LogP) is 5.57. The van der Waals surface area contributed by atoms with Gasteiger partial charge in [-0.15, -0.1) is 11.3 Å². The zero-order valence-corrected chi connectivity index (χ0v) is 15.6. The second kappa shape index (κ2) is 6.38. The summed E-state index contributed by atoms with van der Waals surface area (Å²) in [5.74, 6) is 0.939. The standard InChI is InChI=1S/C21H16ClN3S/c22-21-23-19(25-11-10-14-6-4-5-9-16(14)12-25)18-17(13-26-20(18)24-21)15-7-2-1-3-8-15/h1-9,13H,10-12H2. The van der Waals surface area contributed by atoms with Gasteiger partial charge in [-0.25, -0.2) is 4.98 Å². The van der Waals surface area contributed by atoms with E-state index in [1.54, 1.807) is 11.3 Å². The number of fused-ring (bicyclic) bond motifs is 2. The van der Waals surface area contributed by atoms with Crippen molar-refractivity contribution in [3.8, 4) is 11.1 Å². The number of anilines is 1. The van der Waals surface area contributed by atoms with Gasteiger partial charge in [-0.3, -0.25) is 0 Å². The molecule has 0 saturated heterocycles. The summed E-state index contributed by atoms with van der Waals surface area (Å²) in [5.41, 5.74) is 5.14. The summed E-state index contributed by atoms with van der Waals surface area (Å²) in [7, 11) is 0. The first-order valence-electron chi connectivity index (χ1n) is 8.61. The first-order valence-corrected chi connectivity index (χ1v) is 9.87. The Labute approximate surface area is 160 Å². The topological polar surface area (TPSA) is 29.0 Å². The summed E-state index contributed by atoms with van der Waals surface area (Å²) in [4.78, 5) is 12.4. The lowest BCUT2D eigenvalue weighted by Crippen LogP contribution is -2.31. The maximum atomic E-state index is 6.26. The van der Waals surface area contributed by atoms with Crippen LogP contribution in [0.5, 0.6) is 0 Å². The van der Waals surface area contributed by atoms with Crippen molar-refractivity contribution in [2.45, 2.75) is 13.0 Å². The van der Waals surface area contributed by atoms with Crippen molar-refractivity contribution in [1.29, 1.82) is 0 Å². The number of nitrogens with zero attached hydrogens (tertiary/aromatic N) is 3. The van der Waals surface area contributed by atoms with Gasteiger partial charge in [-0.05, 0) is 34.7 Å². The molecule has 2 aromatic heterocycles. The maximum Gasteiger partial charge on any atom is 0.225 e. The third kappa shape index (κ3) is 2.66. The van der Waals surface area contributed by atoms with Gasteiger partial charge >= 0.3 is 0 Å². The van der Waals surface area contributed by atoms with Gasteiger partial charge < -0.3 is 4.90 Å². The minimum atomic E-state index is 0.313. The normalized spacial score (nSPS) is 13.8. The highest BCUT2D eigenvalue weighted by atomic mass is 35.5. The molecule has 0 radical (unpaired) electrons. The Balaban J connectivity index is 1.67. The quantitative estimate of drug-likeness (QED) is 0.427. The van der Waals surface area contributed by atoms with Crippen LogP contribution in [0.25, 0.3) is 21.3 Å². The second-order valence-corrected chi connectivity index (χ2v) is 7.65. The molecule has 0 fully saturated rings.